The van der Waals surface area contributed by atoms with Gasteiger partial charge in [0.2, 0.25) is 5.91 Å². The number of benzene rings is 1. The van der Waals surface area contributed by atoms with E-state index in [4.69, 9.17) is 4.98 Å². The molecule has 1 atom stereocenters. The number of thioether (sulfide) groups is 1. The van der Waals surface area contributed by atoms with Gasteiger partial charge in [-0.25, -0.2) is 9.97 Å². The quantitative estimate of drug-likeness (QED) is 0.420. The van der Waals surface area contributed by atoms with Gasteiger partial charge in [0, 0.05) is 11.4 Å². The molecule has 2 aromatic heterocycles. The first-order valence-corrected chi connectivity index (χ1v) is 10.6. The number of nitrogens with zero attached hydrogens (tertiary/aromatic N) is 4. The molecule has 6 nitrogen and oxygen atoms in total. The lowest BCUT2D eigenvalue weighted by Gasteiger charge is -2.19. The summed E-state index contributed by atoms with van der Waals surface area (Å²) >= 11 is 1.44. The number of fused-ring (bicyclic) bond motifs is 3. The van der Waals surface area contributed by atoms with Gasteiger partial charge in [0.25, 0.3) is 0 Å². The Kier molecular flexibility index (Phi) is 5.29. The van der Waals surface area contributed by atoms with Crippen molar-refractivity contribution in [2.45, 2.75) is 68.8 Å². The Bertz CT molecular complexity index is 962. The highest BCUT2D eigenvalue weighted by Crippen LogP contribution is 2.27. The summed E-state index contributed by atoms with van der Waals surface area (Å²) in [6, 6.07) is 8.22. The zero-order chi connectivity index (χ0) is 18.8. The maximum atomic E-state index is 12.7. The summed E-state index contributed by atoms with van der Waals surface area (Å²) in [6.07, 6.45) is 7.14. The third-order valence-corrected chi connectivity index (χ3v) is 6.15. The number of aryl methyl sites for hydroxylation is 1. The predicted molar refractivity (Wildman–Crippen MR) is 108 cm³/mol. The van der Waals surface area contributed by atoms with Gasteiger partial charge in [-0.1, -0.05) is 49.6 Å². The summed E-state index contributed by atoms with van der Waals surface area (Å²) in [6.45, 7) is 3.81. The molecule has 1 N–H and O–H groups in total. The van der Waals surface area contributed by atoms with Crippen LogP contribution in [-0.4, -0.2) is 36.8 Å². The van der Waals surface area contributed by atoms with Crippen molar-refractivity contribution in [2.75, 3.05) is 0 Å². The number of hydrogen-bond acceptors (Lipinski definition) is 5. The Morgan fingerprint density at radius 3 is 2.70 bits per heavy atom. The number of amides is 1. The normalized spacial score (nSPS) is 17.1. The van der Waals surface area contributed by atoms with Crippen LogP contribution in [0.3, 0.4) is 0 Å². The van der Waals surface area contributed by atoms with E-state index >= 15 is 0 Å². The molecular weight excluding hydrogens is 358 g/mol. The third kappa shape index (κ3) is 3.93. The zero-order valence-electron chi connectivity index (χ0n) is 15.8. The molecule has 1 aliphatic carbocycles. The minimum atomic E-state index is -0.241. The molecule has 27 heavy (non-hydrogen) atoms. The lowest BCUT2D eigenvalue weighted by atomic mass is 10.1. The fourth-order valence-corrected chi connectivity index (χ4v) is 4.53. The Morgan fingerprint density at radius 1 is 1.19 bits per heavy atom. The SMILES string of the molecule is Cc1nc2c3ccccc3nc(S[C@@H](C)C(=O)NC3CCCCCC3)n2n1. The molecule has 4 rings (SSSR count). The van der Waals surface area contributed by atoms with Gasteiger partial charge < -0.3 is 5.32 Å². The van der Waals surface area contributed by atoms with Gasteiger partial charge >= 0.3 is 0 Å². The number of nitrogens with one attached hydrogen (secondary N) is 1. The third-order valence-electron chi connectivity index (χ3n) is 5.11. The fourth-order valence-electron chi connectivity index (χ4n) is 3.66. The molecule has 0 bridgehead atoms. The molecule has 0 saturated heterocycles. The highest BCUT2D eigenvalue weighted by molar-refractivity contribution is 8.00. The summed E-state index contributed by atoms with van der Waals surface area (Å²) in [5.41, 5.74) is 1.66. The number of aromatic nitrogens is 4. The van der Waals surface area contributed by atoms with E-state index in [2.05, 4.69) is 15.4 Å². The average Bonchev–Trinajstić information content (AvgIpc) is 2.88. The van der Waals surface area contributed by atoms with Crippen LogP contribution in [-0.2, 0) is 4.79 Å². The Labute approximate surface area is 163 Å². The van der Waals surface area contributed by atoms with Crippen LogP contribution < -0.4 is 5.32 Å². The molecule has 1 amide bonds. The van der Waals surface area contributed by atoms with E-state index in [1.807, 2.05) is 38.1 Å². The maximum Gasteiger partial charge on any atom is 0.233 e. The number of hydrogen-bond donors (Lipinski definition) is 1. The highest BCUT2D eigenvalue weighted by atomic mass is 32.2. The molecule has 7 heteroatoms. The van der Waals surface area contributed by atoms with Gasteiger partial charge in [-0.2, -0.15) is 4.52 Å². The highest BCUT2D eigenvalue weighted by Gasteiger charge is 2.22. The van der Waals surface area contributed by atoms with Crippen molar-refractivity contribution in [3.8, 4) is 0 Å². The second-order valence-corrected chi connectivity index (χ2v) is 8.57. The summed E-state index contributed by atoms with van der Waals surface area (Å²) in [4.78, 5) is 22.0. The predicted octanol–water partition coefficient (Wildman–Crippen LogP) is 3.91. The molecule has 1 aliphatic rings. The fraction of sp³-hybridized carbons (Fsp3) is 0.500. The van der Waals surface area contributed by atoms with E-state index in [1.54, 1.807) is 4.52 Å². The monoisotopic (exact) mass is 383 g/mol. The summed E-state index contributed by atoms with van der Waals surface area (Å²) in [5, 5.41) is 9.16. The van der Waals surface area contributed by atoms with Gasteiger partial charge in [-0.05, 0) is 38.8 Å². The van der Waals surface area contributed by atoms with Crippen molar-refractivity contribution in [3.05, 3.63) is 30.1 Å². The van der Waals surface area contributed by atoms with Crippen LogP contribution in [0.4, 0.5) is 0 Å². The number of rotatable bonds is 4. The van der Waals surface area contributed by atoms with E-state index < -0.39 is 0 Å². The van der Waals surface area contributed by atoms with Gasteiger partial charge in [0.15, 0.2) is 10.8 Å². The molecular formula is C20H25N5OS. The molecule has 0 spiro atoms. The summed E-state index contributed by atoms with van der Waals surface area (Å²) in [7, 11) is 0. The van der Waals surface area contributed by atoms with Crippen LogP contribution in [0.5, 0.6) is 0 Å². The van der Waals surface area contributed by atoms with E-state index in [9.17, 15) is 4.79 Å². The van der Waals surface area contributed by atoms with Crippen molar-refractivity contribution in [1.82, 2.24) is 24.9 Å². The largest absolute Gasteiger partial charge is 0.352 e. The van der Waals surface area contributed by atoms with Crippen LogP contribution in [0.15, 0.2) is 29.4 Å². The standard InChI is InChI=1S/C20H25N5OS/c1-13(19(26)22-15-9-5-3-4-6-10-15)27-20-23-17-12-8-7-11-16(17)18-21-14(2)24-25(18)20/h7-8,11-13,15H,3-6,9-10H2,1-2H3,(H,22,26)/t13-/m0/s1. The maximum absolute atomic E-state index is 12.7. The summed E-state index contributed by atoms with van der Waals surface area (Å²) in [5.74, 6) is 0.775. The van der Waals surface area contributed by atoms with Gasteiger partial charge in [0.05, 0.1) is 10.8 Å². The molecule has 3 aromatic rings. The molecule has 1 aromatic carbocycles. The van der Waals surface area contributed by atoms with Gasteiger partial charge in [-0.15, -0.1) is 5.10 Å². The van der Waals surface area contributed by atoms with Crippen molar-refractivity contribution in [2.24, 2.45) is 0 Å². The molecule has 1 saturated carbocycles. The van der Waals surface area contributed by atoms with Crippen LogP contribution in [0.2, 0.25) is 0 Å². The summed E-state index contributed by atoms with van der Waals surface area (Å²) < 4.78 is 1.76. The van der Waals surface area contributed by atoms with E-state index in [0.717, 1.165) is 29.4 Å². The van der Waals surface area contributed by atoms with E-state index in [-0.39, 0.29) is 11.2 Å². The number of carbonyl (C=O) groups excluding carboxylic acids is 1. The van der Waals surface area contributed by atoms with Crippen molar-refractivity contribution in [1.29, 1.82) is 0 Å². The van der Waals surface area contributed by atoms with Crippen LogP contribution in [0, 0.1) is 6.92 Å². The zero-order valence-corrected chi connectivity index (χ0v) is 16.6. The smallest absolute Gasteiger partial charge is 0.233 e. The van der Waals surface area contributed by atoms with Crippen molar-refractivity contribution >= 4 is 34.2 Å². The van der Waals surface area contributed by atoms with Crippen molar-refractivity contribution < 1.29 is 4.79 Å². The van der Waals surface area contributed by atoms with Crippen LogP contribution >= 0.6 is 11.8 Å². The minimum absolute atomic E-state index is 0.0758. The van der Waals surface area contributed by atoms with Gasteiger partial charge in [-0.3, -0.25) is 4.79 Å². The lowest BCUT2D eigenvalue weighted by Crippen LogP contribution is -2.39. The average molecular weight is 384 g/mol. The van der Waals surface area contributed by atoms with Crippen LogP contribution in [0.25, 0.3) is 16.6 Å². The van der Waals surface area contributed by atoms with E-state index in [0.29, 0.717) is 17.0 Å². The Morgan fingerprint density at radius 2 is 1.93 bits per heavy atom. The topological polar surface area (TPSA) is 72.2 Å². The molecule has 2 heterocycles. The number of carbonyl (C=O) groups is 1. The minimum Gasteiger partial charge on any atom is -0.352 e. The first kappa shape index (κ1) is 18.2. The molecule has 142 valence electrons. The molecule has 0 radical (unpaired) electrons. The molecule has 1 fully saturated rings. The first-order chi connectivity index (χ1) is 13.1. The molecule has 0 unspecified atom stereocenters. The van der Waals surface area contributed by atoms with E-state index in [1.165, 1.54) is 37.4 Å². The Balaban J connectivity index is 1.57. The molecule has 0 aliphatic heterocycles. The number of para-hydroxylation sites is 1. The lowest BCUT2D eigenvalue weighted by molar-refractivity contribution is -0.121. The first-order valence-electron chi connectivity index (χ1n) is 9.71. The van der Waals surface area contributed by atoms with Crippen molar-refractivity contribution in [3.63, 3.8) is 0 Å². The van der Waals surface area contributed by atoms with Gasteiger partial charge in [0.1, 0.15) is 5.82 Å². The second kappa shape index (κ2) is 7.84. The second-order valence-electron chi connectivity index (χ2n) is 7.26. The Hall–Kier alpha value is -2.15. The van der Waals surface area contributed by atoms with Crippen LogP contribution in [0.1, 0.15) is 51.3 Å².